The summed E-state index contributed by atoms with van der Waals surface area (Å²) in [7, 11) is -2.59. The van der Waals surface area contributed by atoms with Crippen LogP contribution in [0.15, 0.2) is 66.9 Å². The van der Waals surface area contributed by atoms with Crippen LogP contribution >= 0.6 is 0 Å². The van der Waals surface area contributed by atoms with Crippen LogP contribution in [-0.4, -0.2) is 27.8 Å². The topological polar surface area (TPSA) is 19.4 Å². The van der Waals surface area contributed by atoms with Crippen molar-refractivity contribution in [1.82, 2.24) is 4.98 Å². The summed E-state index contributed by atoms with van der Waals surface area (Å²) in [5.74, 6) is 1.03. The van der Waals surface area contributed by atoms with E-state index in [9.17, 15) is 0 Å². The highest BCUT2D eigenvalue weighted by Gasteiger charge is 2.29. The minimum atomic E-state index is -1.30. The molecule has 3 aromatic rings. The number of nitrogens with zero attached hydrogens (tertiary/aromatic N) is 3. The highest BCUT2D eigenvalue weighted by molar-refractivity contribution is 6.89. The molecule has 1 aliphatic rings. The van der Waals surface area contributed by atoms with Gasteiger partial charge in [-0.05, 0) is 36.4 Å². The quantitative estimate of drug-likeness (QED) is 0.528. The summed E-state index contributed by atoms with van der Waals surface area (Å²) in [4.78, 5) is 9.40. The number of pyridine rings is 1. The Kier molecular flexibility index (Phi) is 4.91. The van der Waals surface area contributed by atoms with Gasteiger partial charge in [-0.1, -0.05) is 73.9 Å². The molecule has 4 rings (SSSR count). The van der Waals surface area contributed by atoms with Crippen LogP contribution in [0.1, 0.15) is 0 Å². The third-order valence-electron chi connectivity index (χ3n) is 5.69. The number of hydrogen-bond donors (Lipinski definition) is 0. The number of anilines is 4. The lowest BCUT2D eigenvalue weighted by Crippen LogP contribution is -2.37. The average Bonchev–Trinajstić information content (AvgIpc) is 3.07. The van der Waals surface area contributed by atoms with Crippen LogP contribution < -0.4 is 20.2 Å². The Morgan fingerprint density at radius 1 is 0.655 bits per heavy atom. The van der Waals surface area contributed by atoms with Crippen molar-refractivity contribution >= 4 is 49.4 Å². The molecular formula is C24H31N3Si2. The predicted molar refractivity (Wildman–Crippen MR) is 132 cm³/mol. The Balaban J connectivity index is 1.68. The van der Waals surface area contributed by atoms with E-state index in [4.69, 9.17) is 4.98 Å². The van der Waals surface area contributed by atoms with E-state index in [2.05, 4.69) is 104 Å². The van der Waals surface area contributed by atoms with Gasteiger partial charge in [0.2, 0.25) is 0 Å². The van der Waals surface area contributed by atoms with E-state index >= 15 is 0 Å². The fraction of sp³-hybridized carbons (Fsp3) is 0.292. The standard InChI is InChI=1S/C24H31N3Si2/c1-28(2,3)21-13-9-19(10-14-21)26-18-27(24-23(26)8-7-17-25-24)20-11-15-22(16-12-20)29(4,5)6/h7-17H,18H2,1-6H3. The average molecular weight is 418 g/mol. The van der Waals surface area contributed by atoms with Crippen molar-refractivity contribution in [2.24, 2.45) is 0 Å². The second-order valence-corrected chi connectivity index (χ2v) is 20.1. The molecule has 0 saturated carbocycles. The Labute approximate surface area is 177 Å². The number of benzene rings is 2. The van der Waals surface area contributed by atoms with Crippen molar-refractivity contribution < 1.29 is 0 Å². The lowest BCUT2D eigenvalue weighted by atomic mass is 10.2. The maximum atomic E-state index is 4.72. The van der Waals surface area contributed by atoms with E-state index in [0.29, 0.717) is 0 Å². The molecule has 0 radical (unpaired) electrons. The zero-order chi connectivity index (χ0) is 20.8. The Morgan fingerprint density at radius 3 is 1.62 bits per heavy atom. The van der Waals surface area contributed by atoms with Crippen LogP contribution in [0.5, 0.6) is 0 Å². The molecular weight excluding hydrogens is 386 g/mol. The Bertz CT molecular complexity index is 918. The molecule has 0 saturated heterocycles. The summed E-state index contributed by atoms with van der Waals surface area (Å²) < 4.78 is 0. The third kappa shape index (κ3) is 3.89. The van der Waals surface area contributed by atoms with Gasteiger partial charge in [0.15, 0.2) is 5.82 Å². The second-order valence-electron chi connectivity index (χ2n) is 9.94. The van der Waals surface area contributed by atoms with Crippen LogP contribution in [0, 0.1) is 0 Å². The van der Waals surface area contributed by atoms with Gasteiger partial charge in [0.25, 0.3) is 0 Å². The molecule has 3 nitrogen and oxygen atoms in total. The maximum absolute atomic E-state index is 4.72. The van der Waals surface area contributed by atoms with Crippen molar-refractivity contribution in [3.63, 3.8) is 0 Å². The first kappa shape index (κ1) is 19.9. The van der Waals surface area contributed by atoms with Gasteiger partial charge in [0.05, 0.1) is 21.8 Å². The smallest absolute Gasteiger partial charge is 0.158 e. The highest BCUT2D eigenvalue weighted by Crippen LogP contribution is 2.42. The SMILES string of the molecule is C[Si](C)(C)c1ccc(N2CN(c3ccc([Si](C)(C)C)cc3)c3ncccc32)cc1. The molecule has 0 spiro atoms. The summed E-state index contributed by atoms with van der Waals surface area (Å²) in [5.41, 5.74) is 3.60. The molecule has 0 N–H and O–H groups in total. The molecule has 29 heavy (non-hydrogen) atoms. The van der Waals surface area contributed by atoms with E-state index in [-0.39, 0.29) is 0 Å². The summed E-state index contributed by atoms with van der Waals surface area (Å²) in [6, 6.07) is 22.5. The largest absolute Gasteiger partial charge is 0.320 e. The highest BCUT2D eigenvalue weighted by atomic mass is 28.3. The minimum absolute atomic E-state index is 0.783. The minimum Gasteiger partial charge on any atom is -0.320 e. The Morgan fingerprint density at radius 2 is 1.14 bits per heavy atom. The van der Waals surface area contributed by atoms with Crippen molar-refractivity contribution in [3.05, 3.63) is 66.9 Å². The molecule has 1 aliphatic heterocycles. The molecule has 0 atom stereocenters. The van der Waals surface area contributed by atoms with Gasteiger partial charge in [-0.15, -0.1) is 0 Å². The lowest BCUT2D eigenvalue weighted by molar-refractivity contribution is 0.982. The van der Waals surface area contributed by atoms with E-state index < -0.39 is 16.1 Å². The van der Waals surface area contributed by atoms with Crippen LogP contribution in [-0.2, 0) is 0 Å². The monoisotopic (exact) mass is 417 g/mol. The van der Waals surface area contributed by atoms with E-state index in [1.54, 1.807) is 0 Å². The molecule has 150 valence electrons. The van der Waals surface area contributed by atoms with Crippen molar-refractivity contribution in [2.45, 2.75) is 39.3 Å². The van der Waals surface area contributed by atoms with Crippen LogP contribution in [0.2, 0.25) is 39.3 Å². The zero-order valence-electron chi connectivity index (χ0n) is 18.4. The second kappa shape index (κ2) is 7.15. The van der Waals surface area contributed by atoms with Crippen LogP contribution in [0.25, 0.3) is 0 Å². The summed E-state index contributed by atoms with van der Waals surface area (Å²) in [6.07, 6.45) is 1.89. The molecule has 5 heteroatoms. The Hall–Kier alpha value is -2.38. The molecule has 0 fully saturated rings. The maximum Gasteiger partial charge on any atom is 0.158 e. The predicted octanol–water partition coefficient (Wildman–Crippen LogP) is 5.42. The lowest BCUT2D eigenvalue weighted by Gasteiger charge is -2.24. The number of rotatable bonds is 4. The molecule has 0 bridgehead atoms. The molecule has 2 heterocycles. The van der Waals surface area contributed by atoms with Crippen LogP contribution in [0.4, 0.5) is 22.9 Å². The van der Waals surface area contributed by atoms with Gasteiger partial charge < -0.3 is 9.80 Å². The van der Waals surface area contributed by atoms with E-state index in [0.717, 1.165) is 12.5 Å². The molecule has 2 aromatic carbocycles. The van der Waals surface area contributed by atoms with Crippen LogP contribution in [0.3, 0.4) is 0 Å². The first-order valence-electron chi connectivity index (χ1n) is 10.4. The van der Waals surface area contributed by atoms with Crippen molar-refractivity contribution in [2.75, 3.05) is 16.5 Å². The van der Waals surface area contributed by atoms with Crippen molar-refractivity contribution in [1.29, 1.82) is 0 Å². The number of fused-ring (bicyclic) bond motifs is 1. The first-order valence-corrected chi connectivity index (χ1v) is 17.4. The van der Waals surface area contributed by atoms with Crippen molar-refractivity contribution in [3.8, 4) is 0 Å². The summed E-state index contributed by atoms with van der Waals surface area (Å²) in [6.45, 7) is 15.1. The number of aromatic nitrogens is 1. The molecule has 0 aliphatic carbocycles. The third-order valence-corrected chi connectivity index (χ3v) is 9.82. The summed E-state index contributed by atoms with van der Waals surface area (Å²) >= 11 is 0. The molecule has 0 unspecified atom stereocenters. The fourth-order valence-electron chi connectivity index (χ4n) is 3.80. The van der Waals surface area contributed by atoms with Gasteiger partial charge in [0.1, 0.15) is 6.67 Å². The first-order chi connectivity index (χ1) is 13.6. The van der Waals surface area contributed by atoms with E-state index in [1.165, 1.54) is 27.4 Å². The molecule has 1 aromatic heterocycles. The van der Waals surface area contributed by atoms with Gasteiger partial charge in [-0.3, -0.25) is 0 Å². The van der Waals surface area contributed by atoms with Gasteiger partial charge >= 0.3 is 0 Å². The van der Waals surface area contributed by atoms with Gasteiger partial charge in [0, 0.05) is 17.6 Å². The fourth-order valence-corrected chi connectivity index (χ4v) is 6.13. The summed E-state index contributed by atoms with van der Waals surface area (Å²) in [5, 5.41) is 2.98. The molecule has 0 amide bonds. The van der Waals surface area contributed by atoms with Gasteiger partial charge in [-0.2, -0.15) is 0 Å². The van der Waals surface area contributed by atoms with Gasteiger partial charge in [-0.25, -0.2) is 4.98 Å². The van der Waals surface area contributed by atoms with E-state index in [1.807, 2.05) is 12.3 Å². The normalized spacial score (nSPS) is 14.3. The number of hydrogen-bond acceptors (Lipinski definition) is 3. The zero-order valence-corrected chi connectivity index (χ0v) is 20.4.